The number of nitrogens with zero attached hydrogens (tertiary/aromatic N) is 2. The van der Waals surface area contributed by atoms with Crippen LogP contribution in [0, 0.1) is 23.2 Å². The maximum atomic E-state index is 11.9. The smallest absolute Gasteiger partial charge is 0.270 e. The average molecular weight is 267 g/mol. The van der Waals surface area contributed by atoms with Crippen molar-refractivity contribution >= 4 is 5.91 Å². The van der Waals surface area contributed by atoms with Crippen molar-refractivity contribution < 1.29 is 4.79 Å². The maximum Gasteiger partial charge on any atom is 0.270 e. The first-order chi connectivity index (χ1) is 9.79. The number of carbonyl (C=O) groups is 1. The fourth-order valence-electron chi connectivity index (χ4n) is 1.83. The number of amides is 1. The highest BCUT2D eigenvalue weighted by Gasteiger charge is 2.20. The zero-order chi connectivity index (χ0) is 14.2. The Kier molecular flexibility index (Phi) is 5.15. The van der Waals surface area contributed by atoms with Gasteiger partial charge in [-0.05, 0) is 37.8 Å². The quantitative estimate of drug-likeness (QED) is 0.673. The van der Waals surface area contributed by atoms with E-state index in [9.17, 15) is 4.79 Å². The molecular weight excluding hydrogens is 250 g/mol. The molecule has 0 spiro atoms. The van der Waals surface area contributed by atoms with Gasteiger partial charge in [-0.15, -0.1) is 0 Å². The van der Waals surface area contributed by atoms with Gasteiger partial charge in [0.2, 0.25) is 0 Å². The highest BCUT2D eigenvalue weighted by atomic mass is 16.1. The maximum absolute atomic E-state index is 11.9. The van der Waals surface area contributed by atoms with E-state index >= 15 is 0 Å². The molecule has 1 aromatic heterocycles. The summed E-state index contributed by atoms with van der Waals surface area (Å²) in [6.45, 7) is 0. The number of unbranched alkanes of at least 4 members (excludes halogenated alkanes) is 2. The molecule has 1 aromatic rings. The third-order valence-corrected chi connectivity index (χ3v) is 3.26. The van der Waals surface area contributed by atoms with Crippen LogP contribution in [0.1, 0.15) is 54.6 Å². The molecule has 0 aromatic carbocycles. The summed E-state index contributed by atoms with van der Waals surface area (Å²) in [5, 5.41) is 11.4. The average Bonchev–Trinajstić information content (AvgIpc) is 2.43. The van der Waals surface area contributed by atoms with Crippen molar-refractivity contribution in [1.82, 2.24) is 10.3 Å². The molecule has 1 saturated carbocycles. The molecule has 1 aliphatic carbocycles. The van der Waals surface area contributed by atoms with Crippen LogP contribution >= 0.6 is 0 Å². The predicted octanol–water partition coefficient (Wildman–Crippen LogP) is 2.41. The molecule has 102 valence electrons. The zero-order valence-electron chi connectivity index (χ0n) is 11.4. The summed E-state index contributed by atoms with van der Waals surface area (Å²) in [7, 11) is 0. The lowest BCUT2D eigenvalue weighted by Gasteiger charge is -2.26. The lowest BCUT2D eigenvalue weighted by molar-refractivity contribution is 0.0912. The van der Waals surface area contributed by atoms with Crippen molar-refractivity contribution in [2.45, 2.75) is 44.6 Å². The Labute approximate surface area is 119 Å². The van der Waals surface area contributed by atoms with Crippen LogP contribution in [0.25, 0.3) is 0 Å². The number of aromatic nitrogens is 1. The molecule has 1 heterocycles. The topological polar surface area (TPSA) is 65.8 Å². The van der Waals surface area contributed by atoms with Gasteiger partial charge in [0.15, 0.2) is 0 Å². The Morgan fingerprint density at radius 1 is 1.40 bits per heavy atom. The highest BCUT2D eigenvalue weighted by Crippen LogP contribution is 2.18. The third kappa shape index (κ3) is 4.10. The number of pyridine rings is 1. The molecule has 4 heteroatoms. The Morgan fingerprint density at radius 2 is 2.25 bits per heavy atom. The van der Waals surface area contributed by atoms with Crippen molar-refractivity contribution in [2.75, 3.05) is 0 Å². The molecule has 0 atom stereocenters. The summed E-state index contributed by atoms with van der Waals surface area (Å²) in [6, 6.07) is 5.92. The van der Waals surface area contributed by atoms with Gasteiger partial charge in [-0.25, -0.2) is 4.98 Å². The number of hydrogen-bond donors (Lipinski definition) is 1. The summed E-state index contributed by atoms with van der Waals surface area (Å²) in [5.74, 6) is 5.87. The van der Waals surface area contributed by atoms with Crippen LogP contribution in [0.15, 0.2) is 18.3 Å². The summed E-state index contributed by atoms with van der Waals surface area (Å²) >= 11 is 0. The number of nitrogens with one attached hydrogen (secondary N) is 1. The minimum Gasteiger partial charge on any atom is -0.348 e. The Morgan fingerprint density at radius 3 is 2.85 bits per heavy atom. The molecule has 0 radical (unpaired) electrons. The van der Waals surface area contributed by atoms with E-state index in [2.05, 4.69) is 28.2 Å². The molecule has 0 unspecified atom stereocenters. The van der Waals surface area contributed by atoms with Gasteiger partial charge in [-0.3, -0.25) is 4.79 Å². The van der Waals surface area contributed by atoms with Crippen LogP contribution in [0.4, 0.5) is 0 Å². The van der Waals surface area contributed by atoms with E-state index in [1.54, 1.807) is 18.3 Å². The van der Waals surface area contributed by atoms with Gasteiger partial charge >= 0.3 is 0 Å². The third-order valence-electron chi connectivity index (χ3n) is 3.26. The number of carbonyl (C=O) groups excluding carboxylic acids is 1. The first-order valence-electron chi connectivity index (χ1n) is 6.92. The van der Waals surface area contributed by atoms with Crippen LogP contribution in [-0.4, -0.2) is 16.9 Å². The number of rotatable bonds is 4. The van der Waals surface area contributed by atoms with Crippen molar-refractivity contribution in [3.05, 3.63) is 29.6 Å². The van der Waals surface area contributed by atoms with Crippen LogP contribution in [-0.2, 0) is 0 Å². The minimum absolute atomic E-state index is 0.108. The first-order valence-corrected chi connectivity index (χ1v) is 6.92. The van der Waals surface area contributed by atoms with Gasteiger partial charge in [-0.2, -0.15) is 5.26 Å². The van der Waals surface area contributed by atoms with Gasteiger partial charge in [0, 0.05) is 30.6 Å². The molecule has 2 rings (SSSR count). The molecule has 1 N–H and O–H groups in total. The molecule has 0 aliphatic heterocycles. The SMILES string of the molecule is N#CCCCC#Cc1ccc(C(=O)NC2CCC2)nc1. The standard InChI is InChI=1S/C16H17N3O/c17-11-4-2-1-3-6-13-9-10-15(18-12-13)16(20)19-14-7-5-8-14/h9-10,12,14H,1-2,4-5,7-8H2,(H,19,20). The minimum atomic E-state index is -0.108. The van der Waals surface area contributed by atoms with Crippen molar-refractivity contribution in [1.29, 1.82) is 5.26 Å². The second-order valence-corrected chi connectivity index (χ2v) is 4.85. The van der Waals surface area contributed by atoms with Gasteiger partial charge in [0.05, 0.1) is 6.07 Å². The first kappa shape index (κ1) is 14.1. The fourth-order valence-corrected chi connectivity index (χ4v) is 1.83. The lowest BCUT2D eigenvalue weighted by atomic mass is 9.93. The van der Waals surface area contributed by atoms with E-state index in [0.717, 1.165) is 24.8 Å². The molecule has 1 amide bonds. The molecule has 20 heavy (non-hydrogen) atoms. The molecule has 0 saturated heterocycles. The van der Waals surface area contributed by atoms with Gasteiger partial charge in [0.25, 0.3) is 5.91 Å². The van der Waals surface area contributed by atoms with Crippen LogP contribution in [0.5, 0.6) is 0 Å². The lowest BCUT2D eigenvalue weighted by Crippen LogP contribution is -2.39. The summed E-state index contributed by atoms with van der Waals surface area (Å²) in [4.78, 5) is 16.0. The van der Waals surface area contributed by atoms with Gasteiger partial charge in [0.1, 0.15) is 5.69 Å². The number of nitriles is 1. The summed E-state index contributed by atoms with van der Waals surface area (Å²) in [6.07, 6.45) is 6.98. The Hall–Kier alpha value is -2.33. The van der Waals surface area contributed by atoms with E-state index in [1.807, 2.05) is 0 Å². The number of hydrogen-bond acceptors (Lipinski definition) is 3. The van der Waals surface area contributed by atoms with E-state index in [0.29, 0.717) is 24.6 Å². The second-order valence-electron chi connectivity index (χ2n) is 4.85. The van der Waals surface area contributed by atoms with E-state index < -0.39 is 0 Å². The van der Waals surface area contributed by atoms with E-state index in [4.69, 9.17) is 5.26 Å². The van der Waals surface area contributed by atoms with E-state index in [-0.39, 0.29) is 5.91 Å². The summed E-state index contributed by atoms with van der Waals surface area (Å²) < 4.78 is 0. The Balaban J connectivity index is 1.85. The molecule has 1 fully saturated rings. The van der Waals surface area contributed by atoms with Crippen molar-refractivity contribution in [3.63, 3.8) is 0 Å². The molecule has 4 nitrogen and oxygen atoms in total. The van der Waals surface area contributed by atoms with Crippen LogP contribution in [0.2, 0.25) is 0 Å². The van der Waals surface area contributed by atoms with Crippen LogP contribution < -0.4 is 5.32 Å². The van der Waals surface area contributed by atoms with Crippen molar-refractivity contribution in [2.24, 2.45) is 0 Å². The fraction of sp³-hybridized carbons (Fsp3) is 0.438. The molecular formula is C16H17N3O. The highest BCUT2D eigenvalue weighted by molar-refractivity contribution is 5.92. The molecule has 1 aliphatic rings. The Bertz CT molecular complexity index is 556. The normalized spacial score (nSPS) is 13.6. The van der Waals surface area contributed by atoms with Gasteiger partial charge in [-0.1, -0.05) is 11.8 Å². The zero-order valence-corrected chi connectivity index (χ0v) is 11.4. The second kappa shape index (κ2) is 7.31. The molecule has 0 bridgehead atoms. The van der Waals surface area contributed by atoms with Gasteiger partial charge < -0.3 is 5.32 Å². The largest absolute Gasteiger partial charge is 0.348 e. The summed E-state index contributed by atoms with van der Waals surface area (Å²) in [5.41, 5.74) is 1.23. The van der Waals surface area contributed by atoms with Crippen LogP contribution in [0.3, 0.4) is 0 Å². The van der Waals surface area contributed by atoms with Crippen molar-refractivity contribution in [3.8, 4) is 17.9 Å². The van der Waals surface area contributed by atoms with E-state index in [1.165, 1.54) is 6.42 Å². The predicted molar refractivity (Wildman–Crippen MR) is 75.7 cm³/mol. The monoisotopic (exact) mass is 267 g/mol.